The first-order valence-corrected chi connectivity index (χ1v) is 22.8. The molecular formula is C56H54N4O9. The van der Waals surface area contributed by atoms with E-state index in [1.165, 1.54) is 11.5 Å². The molecule has 0 N–H and O–H groups in total. The Kier molecular flexibility index (Phi) is 17.0. The lowest BCUT2D eigenvalue weighted by Gasteiger charge is -2.34. The summed E-state index contributed by atoms with van der Waals surface area (Å²) < 4.78 is 42.0. The summed E-state index contributed by atoms with van der Waals surface area (Å²) in [6, 6.07) is 57.7. The maximum absolute atomic E-state index is 14.8. The van der Waals surface area contributed by atoms with Crippen LogP contribution in [0, 0.1) is 0 Å². The number of fused-ring (bicyclic) bond motifs is 1. The third kappa shape index (κ3) is 13.6. The second-order valence-corrected chi connectivity index (χ2v) is 16.5. The van der Waals surface area contributed by atoms with Crippen LogP contribution in [0.4, 0.5) is 0 Å². The number of benzene rings is 6. The number of aromatic nitrogens is 4. The zero-order valence-corrected chi connectivity index (χ0v) is 38.4. The monoisotopic (exact) mass is 926 g/mol. The molecule has 0 amide bonds. The number of carbonyl (C=O) groups excluding carboxylic acids is 1. The summed E-state index contributed by atoms with van der Waals surface area (Å²) in [5, 5.41) is 0. The number of ketones is 1. The van der Waals surface area contributed by atoms with Crippen molar-refractivity contribution in [1.29, 1.82) is 0 Å². The fourth-order valence-electron chi connectivity index (χ4n) is 7.73. The molecule has 0 spiro atoms. The Morgan fingerprint density at radius 2 is 0.884 bits per heavy atom. The highest BCUT2D eigenvalue weighted by atomic mass is 16.6. The van der Waals surface area contributed by atoms with Gasteiger partial charge in [0.2, 0.25) is 5.88 Å². The summed E-state index contributed by atoms with van der Waals surface area (Å²) in [6.45, 7) is 1.58. The number of nitrogens with zero attached hydrogens (tertiary/aromatic N) is 4. The van der Waals surface area contributed by atoms with E-state index in [1.54, 1.807) is 0 Å². The SMILES string of the molecule is CC(=O)Cn1c(=O)c(=O)n(C[C@H](OCc2ccccc2)[C@H](OCc2ccccc2)[C@@H](COCc2ccccc2)OCc2ccccc2)c2nc(OCc3ccccc3)nc(OCc3ccccc3)c21. The number of hydrogen-bond acceptors (Lipinski definition) is 11. The summed E-state index contributed by atoms with van der Waals surface area (Å²) >= 11 is 0. The van der Waals surface area contributed by atoms with E-state index in [1.807, 2.05) is 182 Å². The molecule has 69 heavy (non-hydrogen) atoms. The van der Waals surface area contributed by atoms with E-state index in [2.05, 4.69) is 4.98 Å². The predicted molar refractivity (Wildman–Crippen MR) is 261 cm³/mol. The number of carbonyl (C=O) groups is 1. The highest BCUT2D eigenvalue weighted by Gasteiger charge is 2.35. The fourth-order valence-corrected chi connectivity index (χ4v) is 7.73. The minimum absolute atomic E-state index is 0.0147. The van der Waals surface area contributed by atoms with E-state index in [4.69, 9.17) is 33.4 Å². The molecule has 3 atom stereocenters. The second-order valence-electron chi connectivity index (χ2n) is 16.5. The lowest BCUT2D eigenvalue weighted by molar-refractivity contribution is -0.171. The van der Waals surface area contributed by atoms with Crippen molar-refractivity contribution in [3.05, 3.63) is 236 Å². The van der Waals surface area contributed by atoms with Gasteiger partial charge < -0.3 is 28.4 Å². The summed E-state index contributed by atoms with van der Waals surface area (Å²) in [5.74, 6) is -0.433. The van der Waals surface area contributed by atoms with E-state index >= 15 is 0 Å². The first-order chi connectivity index (χ1) is 33.9. The number of Topliss-reactive ketones (excluding diaryl/α,β-unsaturated/α-hetero) is 1. The quantitative estimate of drug-likeness (QED) is 0.0509. The molecule has 0 unspecified atom stereocenters. The molecule has 0 fully saturated rings. The molecule has 8 aromatic rings. The van der Waals surface area contributed by atoms with Gasteiger partial charge in [-0.3, -0.25) is 23.5 Å². The summed E-state index contributed by atoms with van der Waals surface area (Å²) in [7, 11) is 0. The Balaban J connectivity index is 1.27. The zero-order valence-electron chi connectivity index (χ0n) is 38.4. The molecule has 13 nitrogen and oxygen atoms in total. The van der Waals surface area contributed by atoms with Crippen molar-refractivity contribution in [2.24, 2.45) is 0 Å². The van der Waals surface area contributed by atoms with Crippen LogP contribution in [-0.2, 0) is 76.5 Å². The molecule has 352 valence electrons. The molecule has 2 heterocycles. The van der Waals surface area contributed by atoms with Gasteiger partial charge in [-0.1, -0.05) is 182 Å². The van der Waals surface area contributed by atoms with Crippen LogP contribution >= 0.6 is 0 Å². The molecular weight excluding hydrogens is 873 g/mol. The summed E-state index contributed by atoms with van der Waals surface area (Å²) in [4.78, 5) is 51.7. The normalized spacial score (nSPS) is 12.6. The fraction of sp³-hybridized carbons (Fsp3) is 0.232. The summed E-state index contributed by atoms with van der Waals surface area (Å²) in [6.07, 6.45) is -2.72. The highest BCUT2D eigenvalue weighted by Crippen LogP contribution is 2.27. The van der Waals surface area contributed by atoms with Crippen LogP contribution in [0.2, 0.25) is 0 Å². The Bertz CT molecular complexity index is 2960. The number of rotatable bonds is 25. The van der Waals surface area contributed by atoms with Crippen molar-refractivity contribution in [2.45, 2.75) is 78.0 Å². The first-order valence-electron chi connectivity index (χ1n) is 22.8. The lowest BCUT2D eigenvalue weighted by Crippen LogP contribution is -2.50. The molecule has 0 aliphatic heterocycles. The Morgan fingerprint density at radius 3 is 1.36 bits per heavy atom. The third-order valence-corrected chi connectivity index (χ3v) is 11.2. The van der Waals surface area contributed by atoms with E-state index in [-0.39, 0.29) is 75.0 Å². The van der Waals surface area contributed by atoms with Crippen molar-refractivity contribution in [3.63, 3.8) is 0 Å². The predicted octanol–water partition coefficient (Wildman–Crippen LogP) is 8.67. The van der Waals surface area contributed by atoms with Gasteiger partial charge in [-0.25, -0.2) is 0 Å². The van der Waals surface area contributed by atoms with Crippen LogP contribution in [0.15, 0.2) is 192 Å². The molecule has 0 bridgehead atoms. The lowest BCUT2D eigenvalue weighted by atomic mass is 10.1. The van der Waals surface area contributed by atoms with Crippen LogP contribution in [0.25, 0.3) is 11.2 Å². The van der Waals surface area contributed by atoms with Crippen molar-refractivity contribution in [2.75, 3.05) is 6.61 Å². The Labute approximate surface area is 400 Å². The Hall–Kier alpha value is -7.55. The van der Waals surface area contributed by atoms with Crippen LogP contribution in [-0.4, -0.2) is 49.8 Å². The van der Waals surface area contributed by atoms with Crippen molar-refractivity contribution < 1.29 is 33.2 Å². The first kappa shape index (κ1) is 47.9. The zero-order chi connectivity index (χ0) is 47.6. The van der Waals surface area contributed by atoms with Crippen LogP contribution in [0.5, 0.6) is 11.9 Å². The van der Waals surface area contributed by atoms with Gasteiger partial charge in [0, 0.05) is 0 Å². The third-order valence-electron chi connectivity index (χ3n) is 11.2. The average molecular weight is 927 g/mol. The average Bonchev–Trinajstić information content (AvgIpc) is 3.39. The molecule has 0 saturated heterocycles. The van der Waals surface area contributed by atoms with Gasteiger partial charge >= 0.3 is 17.1 Å². The van der Waals surface area contributed by atoms with Crippen molar-refractivity contribution >= 4 is 16.9 Å². The van der Waals surface area contributed by atoms with Crippen molar-refractivity contribution in [1.82, 2.24) is 19.1 Å². The highest BCUT2D eigenvalue weighted by molar-refractivity contribution is 5.81. The number of hydrogen-bond donors (Lipinski definition) is 0. The van der Waals surface area contributed by atoms with Gasteiger partial charge in [-0.05, 0) is 40.3 Å². The second kappa shape index (κ2) is 24.5. The topological polar surface area (TPSA) is 142 Å². The minimum atomic E-state index is -1.00. The molecule has 0 saturated carbocycles. The van der Waals surface area contributed by atoms with Crippen molar-refractivity contribution in [3.8, 4) is 11.9 Å². The van der Waals surface area contributed by atoms with Crippen LogP contribution < -0.4 is 20.6 Å². The van der Waals surface area contributed by atoms with Gasteiger partial charge in [-0.2, -0.15) is 9.97 Å². The standard InChI is InChI=1S/C56H54N4O9/c1-41(61)32-59-50-52(57-56(69-39-47-30-18-7-19-31-47)58-53(50)68-38-46-28-16-6-17-29-46)60(55(63)54(59)62)33-48(65-35-43-22-10-3-11-23-43)51(67-37-45-26-14-5-15-27-45)49(66-36-44-24-12-4-13-25-44)40-64-34-42-20-8-2-9-21-42/h2-31,48-49,51H,32-40H2,1H3/t48-,49+,51-/m0/s1. The molecule has 8 rings (SSSR count). The summed E-state index contributed by atoms with van der Waals surface area (Å²) in [5.41, 5.74) is 3.38. The maximum Gasteiger partial charge on any atom is 0.322 e. The molecule has 13 heteroatoms. The molecule has 0 radical (unpaired) electrons. The van der Waals surface area contributed by atoms with E-state index < -0.39 is 36.0 Å². The van der Waals surface area contributed by atoms with Crippen LogP contribution in [0.1, 0.15) is 40.3 Å². The molecule has 2 aromatic heterocycles. The van der Waals surface area contributed by atoms with E-state index in [0.29, 0.717) is 6.61 Å². The smallest absolute Gasteiger partial charge is 0.322 e. The molecule has 0 aliphatic rings. The van der Waals surface area contributed by atoms with Gasteiger partial charge in [0.15, 0.2) is 11.2 Å². The van der Waals surface area contributed by atoms with E-state index in [0.717, 1.165) is 37.9 Å². The van der Waals surface area contributed by atoms with Gasteiger partial charge in [0.25, 0.3) is 0 Å². The molecule has 6 aromatic carbocycles. The maximum atomic E-state index is 14.8. The van der Waals surface area contributed by atoms with Crippen LogP contribution in [0.3, 0.4) is 0 Å². The van der Waals surface area contributed by atoms with Gasteiger partial charge in [0.1, 0.15) is 37.3 Å². The minimum Gasteiger partial charge on any atom is -0.471 e. The number of ether oxygens (including phenoxy) is 6. The van der Waals surface area contributed by atoms with Gasteiger partial charge in [-0.15, -0.1) is 0 Å². The van der Waals surface area contributed by atoms with Gasteiger partial charge in [0.05, 0.1) is 46.1 Å². The van der Waals surface area contributed by atoms with E-state index in [9.17, 15) is 14.4 Å². The molecule has 0 aliphatic carbocycles. The largest absolute Gasteiger partial charge is 0.471 e. The Morgan fingerprint density at radius 1 is 0.478 bits per heavy atom.